The number of H-pyrrole nitrogens is 1. The van der Waals surface area contributed by atoms with Gasteiger partial charge in [0.1, 0.15) is 0 Å². The molecule has 1 atom stereocenters. The van der Waals surface area contributed by atoms with Gasteiger partial charge in [0.25, 0.3) is 5.91 Å². The lowest BCUT2D eigenvalue weighted by molar-refractivity contribution is 0.0936. The van der Waals surface area contributed by atoms with E-state index in [4.69, 9.17) is 0 Å². The molecule has 4 nitrogen and oxygen atoms in total. The zero-order chi connectivity index (χ0) is 13.0. The molecule has 0 radical (unpaired) electrons. The van der Waals surface area contributed by atoms with Gasteiger partial charge in [0, 0.05) is 11.7 Å². The van der Waals surface area contributed by atoms with Crippen LogP contribution in [0.4, 0.5) is 0 Å². The van der Waals surface area contributed by atoms with Crippen molar-refractivity contribution >= 4 is 5.91 Å². The Morgan fingerprint density at radius 3 is 2.41 bits per heavy atom. The molecule has 0 aliphatic carbocycles. The van der Waals surface area contributed by atoms with Gasteiger partial charge in [-0.15, -0.1) is 0 Å². The molecule has 0 spiro atoms. The molecule has 0 aliphatic rings. The number of aromatic amines is 1. The maximum atomic E-state index is 12.0. The molecule has 0 aliphatic heterocycles. The lowest BCUT2D eigenvalue weighted by Gasteiger charge is -2.15. The first-order valence-electron chi connectivity index (χ1n) is 6.24. The molecule has 17 heavy (non-hydrogen) atoms. The molecule has 1 aromatic rings. The normalized spacial score (nSPS) is 12.8. The van der Waals surface area contributed by atoms with Crippen molar-refractivity contribution in [2.45, 2.75) is 53.5 Å². The standard InChI is InChI=1S/C13H23N3O/c1-8(2)6-7-9(3)14-13(17)12-10(4)15-16-11(12)5/h8-9H,6-7H2,1-5H3,(H,14,17)(H,15,16). The monoisotopic (exact) mass is 237 g/mol. The van der Waals surface area contributed by atoms with E-state index in [0.29, 0.717) is 11.5 Å². The second kappa shape index (κ2) is 5.84. The SMILES string of the molecule is Cc1n[nH]c(C)c1C(=O)NC(C)CCC(C)C. The first kappa shape index (κ1) is 13.7. The second-order valence-corrected chi connectivity index (χ2v) is 5.15. The van der Waals surface area contributed by atoms with Crippen LogP contribution in [0.25, 0.3) is 0 Å². The van der Waals surface area contributed by atoms with Gasteiger partial charge in [0.2, 0.25) is 0 Å². The molecule has 1 aromatic heterocycles. The summed E-state index contributed by atoms with van der Waals surface area (Å²) in [4.78, 5) is 12.0. The van der Waals surface area contributed by atoms with E-state index in [1.807, 2.05) is 20.8 Å². The summed E-state index contributed by atoms with van der Waals surface area (Å²) in [5.74, 6) is 0.650. The molecule has 4 heteroatoms. The zero-order valence-electron chi connectivity index (χ0n) is 11.4. The molecule has 0 aromatic carbocycles. The Balaban J connectivity index is 2.55. The minimum Gasteiger partial charge on any atom is -0.349 e. The Bertz CT molecular complexity index is 363. The Kier molecular flexibility index (Phi) is 4.73. The summed E-state index contributed by atoms with van der Waals surface area (Å²) in [6, 6.07) is 0.207. The maximum Gasteiger partial charge on any atom is 0.255 e. The number of aromatic nitrogens is 2. The van der Waals surface area contributed by atoms with Crippen molar-refractivity contribution in [1.29, 1.82) is 0 Å². The third-order valence-corrected chi connectivity index (χ3v) is 2.91. The van der Waals surface area contributed by atoms with Gasteiger partial charge < -0.3 is 5.32 Å². The van der Waals surface area contributed by atoms with Gasteiger partial charge in [-0.05, 0) is 39.5 Å². The van der Waals surface area contributed by atoms with Crippen LogP contribution in [-0.4, -0.2) is 22.1 Å². The van der Waals surface area contributed by atoms with Crippen LogP contribution in [0.2, 0.25) is 0 Å². The van der Waals surface area contributed by atoms with Gasteiger partial charge in [0.15, 0.2) is 0 Å². The Morgan fingerprint density at radius 2 is 1.94 bits per heavy atom. The molecule has 0 saturated heterocycles. The zero-order valence-corrected chi connectivity index (χ0v) is 11.4. The summed E-state index contributed by atoms with van der Waals surface area (Å²) in [5, 5.41) is 9.88. The van der Waals surface area contributed by atoms with Crippen LogP contribution in [0.5, 0.6) is 0 Å². The first-order valence-corrected chi connectivity index (χ1v) is 6.24. The number of carbonyl (C=O) groups excluding carboxylic acids is 1. The first-order chi connectivity index (χ1) is 7.91. The summed E-state index contributed by atoms with van der Waals surface area (Å²) in [6.07, 6.45) is 2.14. The molecular formula is C13H23N3O. The average molecular weight is 237 g/mol. The molecule has 0 saturated carbocycles. The quantitative estimate of drug-likeness (QED) is 0.827. The molecular weight excluding hydrogens is 214 g/mol. The minimum atomic E-state index is -0.0231. The van der Waals surface area contributed by atoms with Crippen LogP contribution < -0.4 is 5.32 Å². The smallest absolute Gasteiger partial charge is 0.255 e. The third-order valence-electron chi connectivity index (χ3n) is 2.91. The van der Waals surface area contributed by atoms with Crippen LogP contribution in [0.1, 0.15) is 55.4 Å². The van der Waals surface area contributed by atoms with Crippen molar-refractivity contribution in [3.8, 4) is 0 Å². The number of rotatable bonds is 5. The fourth-order valence-electron chi connectivity index (χ4n) is 1.84. The van der Waals surface area contributed by atoms with E-state index in [0.717, 1.165) is 24.2 Å². The number of hydrogen-bond acceptors (Lipinski definition) is 2. The van der Waals surface area contributed by atoms with Gasteiger partial charge >= 0.3 is 0 Å². The van der Waals surface area contributed by atoms with E-state index in [-0.39, 0.29) is 11.9 Å². The molecule has 0 fully saturated rings. The molecule has 0 bridgehead atoms. The average Bonchev–Trinajstić information content (AvgIpc) is 2.55. The predicted molar refractivity (Wildman–Crippen MR) is 69.1 cm³/mol. The molecule has 1 heterocycles. The summed E-state index contributed by atoms with van der Waals surface area (Å²) in [5.41, 5.74) is 2.27. The van der Waals surface area contributed by atoms with Gasteiger partial charge in [-0.25, -0.2) is 0 Å². The van der Waals surface area contributed by atoms with E-state index < -0.39 is 0 Å². The lowest BCUT2D eigenvalue weighted by atomic mass is 10.0. The number of nitrogens with one attached hydrogen (secondary N) is 2. The topological polar surface area (TPSA) is 57.8 Å². The molecule has 1 amide bonds. The Hall–Kier alpha value is -1.32. The van der Waals surface area contributed by atoms with Crippen molar-refractivity contribution in [3.05, 3.63) is 17.0 Å². The highest BCUT2D eigenvalue weighted by Crippen LogP contribution is 2.11. The van der Waals surface area contributed by atoms with Gasteiger partial charge in [-0.2, -0.15) is 5.10 Å². The summed E-state index contributed by atoms with van der Waals surface area (Å²) in [6.45, 7) is 10.1. The van der Waals surface area contributed by atoms with Crippen LogP contribution in [0, 0.1) is 19.8 Å². The van der Waals surface area contributed by atoms with Crippen molar-refractivity contribution < 1.29 is 4.79 Å². The fraction of sp³-hybridized carbons (Fsp3) is 0.692. The second-order valence-electron chi connectivity index (χ2n) is 5.15. The van der Waals surface area contributed by atoms with Crippen molar-refractivity contribution in [2.24, 2.45) is 5.92 Å². The van der Waals surface area contributed by atoms with E-state index >= 15 is 0 Å². The molecule has 1 rings (SSSR count). The molecule has 96 valence electrons. The van der Waals surface area contributed by atoms with Gasteiger partial charge in [-0.1, -0.05) is 13.8 Å². The third kappa shape index (κ3) is 3.88. The highest BCUT2D eigenvalue weighted by molar-refractivity contribution is 5.96. The number of hydrogen-bond donors (Lipinski definition) is 2. The summed E-state index contributed by atoms with van der Waals surface area (Å²) >= 11 is 0. The summed E-state index contributed by atoms with van der Waals surface area (Å²) < 4.78 is 0. The van der Waals surface area contributed by atoms with Crippen LogP contribution >= 0.6 is 0 Å². The Labute approximate surface area is 103 Å². The van der Waals surface area contributed by atoms with E-state index in [1.54, 1.807) is 0 Å². The van der Waals surface area contributed by atoms with E-state index in [9.17, 15) is 4.79 Å². The largest absolute Gasteiger partial charge is 0.349 e. The summed E-state index contributed by atoms with van der Waals surface area (Å²) in [7, 11) is 0. The van der Waals surface area contributed by atoms with Crippen molar-refractivity contribution in [1.82, 2.24) is 15.5 Å². The highest BCUT2D eigenvalue weighted by atomic mass is 16.1. The van der Waals surface area contributed by atoms with E-state index in [2.05, 4.69) is 29.4 Å². The lowest BCUT2D eigenvalue weighted by Crippen LogP contribution is -2.33. The van der Waals surface area contributed by atoms with Crippen LogP contribution in [0.15, 0.2) is 0 Å². The van der Waals surface area contributed by atoms with Crippen molar-refractivity contribution in [2.75, 3.05) is 0 Å². The highest BCUT2D eigenvalue weighted by Gasteiger charge is 2.16. The number of nitrogens with zero attached hydrogens (tertiary/aromatic N) is 1. The number of carbonyl (C=O) groups is 1. The van der Waals surface area contributed by atoms with Gasteiger partial charge in [0.05, 0.1) is 11.3 Å². The predicted octanol–water partition coefficient (Wildman–Crippen LogP) is 2.58. The number of amides is 1. The maximum absolute atomic E-state index is 12.0. The Morgan fingerprint density at radius 1 is 1.29 bits per heavy atom. The van der Waals surface area contributed by atoms with Crippen molar-refractivity contribution in [3.63, 3.8) is 0 Å². The van der Waals surface area contributed by atoms with Crippen LogP contribution in [0.3, 0.4) is 0 Å². The minimum absolute atomic E-state index is 0.0231. The van der Waals surface area contributed by atoms with Crippen LogP contribution in [-0.2, 0) is 0 Å². The number of aryl methyl sites for hydroxylation is 2. The fourth-order valence-corrected chi connectivity index (χ4v) is 1.84. The molecule has 1 unspecified atom stereocenters. The van der Waals surface area contributed by atoms with E-state index in [1.165, 1.54) is 0 Å². The molecule has 2 N–H and O–H groups in total. The van der Waals surface area contributed by atoms with Gasteiger partial charge in [-0.3, -0.25) is 9.89 Å².